The van der Waals surface area contributed by atoms with Crippen molar-refractivity contribution in [1.82, 2.24) is 0 Å². The molecule has 2 aliphatic carbocycles. The minimum Gasteiger partial charge on any atom is -0.387 e. The van der Waals surface area contributed by atoms with Gasteiger partial charge in [-0.25, -0.2) is 41.1 Å². The zero-order chi connectivity index (χ0) is 46.5. The number of phosphoric acid groups is 9. The van der Waals surface area contributed by atoms with Crippen LogP contribution in [0.3, 0.4) is 0 Å². The van der Waals surface area contributed by atoms with E-state index in [1.165, 1.54) is 0 Å². The number of hydrogen-bond donors (Lipinski definition) is 19. The van der Waals surface area contributed by atoms with Crippen LogP contribution in [0.5, 0.6) is 0 Å². The van der Waals surface area contributed by atoms with Gasteiger partial charge in [0.15, 0.2) is 0 Å². The van der Waals surface area contributed by atoms with Gasteiger partial charge in [-0.2, -0.15) is 8.62 Å². The molecule has 0 amide bonds. The smallest absolute Gasteiger partial charge is 0.387 e. The molecule has 19 N–H and O–H groups in total. The third kappa shape index (κ3) is 18.7. The van der Waals surface area contributed by atoms with Gasteiger partial charge in [0, 0.05) is 0 Å². The van der Waals surface area contributed by atoms with Gasteiger partial charge >= 0.3 is 70.4 Å². The molecule has 352 valence electrons. The van der Waals surface area contributed by atoms with Crippen LogP contribution in [0.15, 0.2) is 0 Å². The Morgan fingerprint density at radius 1 is 0.254 bits per heavy atom. The lowest BCUT2D eigenvalue weighted by Crippen LogP contribution is -2.66. The minimum atomic E-state index is -7.19. The molecule has 59 heavy (non-hydrogen) atoms. The predicted molar refractivity (Wildman–Crippen MR) is 167 cm³/mol. The van der Waals surface area contributed by atoms with E-state index in [0.717, 1.165) is 0 Å². The number of rotatable bonds is 20. The summed E-state index contributed by atoms with van der Waals surface area (Å²) in [6.07, 6.45) is -40.8. The molecule has 47 heteroatoms. The second kappa shape index (κ2) is 19.4. The van der Waals surface area contributed by atoms with Crippen molar-refractivity contribution in [2.24, 2.45) is 0 Å². The van der Waals surface area contributed by atoms with Crippen LogP contribution < -0.4 is 0 Å². The highest BCUT2D eigenvalue weighted by Gasteiger charge is 2.65. The van der Waals surface area contributed by atoms with Crippen LogP contribution in [0.25, 0.3) is 0 Å². The highest BCUT2D eigenvalue weighted by molar-refractivity contribution is 7.61. The molecule has 2 aliphatic rings. The average molecular weight is 1060 g/mol. The molecule has 0 saturated heterocycles. The van der Waals surface area contributed by atoms with E-state index in [2.05, 4.69) is 44.8 Å². The summed E-state index contributed by atoms with van der Waals surface area (Å²) in [5.74, 6) is 0. The molecule has 0 aromatic carbocycles. The summed E-state index contributed by atoms with van der Waals surface area (Å²) in [4.78, 5) is 143. The SMILES string of the molecule is O=P(O)(O)OC1C(O)C(O)C(O)C(O)C1OP(=O)(OC1C(OP(=O)(O)O)C(OP(=O)(O)O)C(OP(=O)(O)O)C(OP(=O)(O)O)C1OP(=O)(O)OP(=O)(O)O)OP(=O)(O)O. The van der Waals surface area contributed by atoms with E-state index < -0.39 is 144 Å². The third-order valence-corrected chi connectivity index (χ3v) is 13.9. The largest absolute Gasteiger partial charge is 0.484 e. The summed E-state index contributed by atoms with van der Waals surface area (Å²) < 4.78 is 152. The second-order valence-corrected chi connectivity index (χ2v) is 22.7. The molecule has 14 unspecified atom stereocenters. The summed E-state index contributed by atoms with van der Waals surface area (Å²) in [6.45, 7) is 0. The minimum absolute atomic E-state index is 2.74. The summed E-state index contributed by atoms with van der Waals surface area (Å²) in [5.41, 5.74) is 0. The molecule has 0 spiro atoms. The van der Waals surface area contributed by atoms with Crippen LogP contribution >= 0.6 is 70.4 Å². The highest BCUT2D eigenvalue weighted by Crippen LogP contribution is 2.67. The Kier molecular flexibility index (Phi) is 18.4. The van der Waals surface area contributed by atoms with E-state index >= 15 is 0 Å². The Morgan fingerprint density at radius 3 is 0.746 bits per heavy atom. The van der Waals surface area contributed by atoms with Gasteiger partial charge < -0.3 is 93.8 Å². The molecule has 14 atom stereocenters. The van der Waals surface area contributed by atoms with Crippen molar-refractivity contribution in [1.29, 1.82) is 0 Å². The summed E-state index contributed by atoms with van der Waals surface area (Å²) in [5, 5.41) is 41.0. The quantitative estimate of drug-likeness (QED) is 0.0506. The summed E-state index contributed by atoms with van der Waals surface area (Å²) in [7, 11) is -59.4. The van der Waals surface area contributed by atoms with E-state index in [9.17, 15) is 125 Å². The van der Waals surface area contributed by atoms with E-state index in [1.54, 1.807) is 0 Å². The van der Waals surface area contributed by atoms with Gasteiger partial charge in [-0.15, -0.1) is 0 Å². The maximum atomic E-state index is 14.2. The van der Waals surface area contributed by atoms with E-state index in [0.29, 0.717) is 0 Å². The Balaban J connectivity index is 3.18. The van der Waals surface area contributed by atoms with Crippen molar-refractivity contribution < 1.29 is 180 Å². The van der Waals surface area contributed by atoms with Crippen molar-refractivity contribution in [3.63, 3.8) is 0 Å². The molecular weight excluding hydrogens is 1030 g/mol. The van der Waals surface area contributed by atoms with Crippen molar-refractivity contribution in [2.75, 3.05) is 0 Å². The number of hydrogen-bond acceptors (Lipinski definition) is 23. The van der Waals surface area contributed by atoms with E-state index in [1.807, 2.05) is 0 Å². The fourth-order valence-corrected chi connectivity index (χ4v) is 11.9. The lowest BCUT2D eigenvalue weighted by atomic mass is 9.85. The van der Waals surface area contributed by atoms with Gasteiger partial charge in [-0.1, -0.05) is 0 Å². The monoisotopic (exact) mass is 1060 g/mol. The van der Waals surface area contributed by atoms with Crippen LogP contribution in [0, 0.1) is 0 Å². The Bertz CT molecular complexity index is 1910. The molecule has 0 aromatic heterocycles. The fraction of sp³-hybridized carbons (Fsp3) is 1.00. The molecular formula is C12H31O38P9. The lowest BCUT2D eigenvalue weighted by molar-refractivity contribution is -0.222. The molecule has 0 aromatic rings. The molecule has 2 saturated carbocycles. The number of phosphoric ester groups is 7. The molecule has 0 bridgehead atoms. The molecule has 0 aliphatic heterocycles. The normalized spacial score (nSPS) is 34.2. The molecule has 2 fully saturated rings. The van der Waals surface area contributed by atoms with Crippen LogP contribution in [0.1, 0.15) is 0 Å². The predicted octanol–water partition coefficient (Wildman–Crippen LogP) is -5.57. The lowest BCUT2D eigenvalue weighted by Gasteiger charge is -2.49. The zero-order valence-electron chi connectivity index (χ0n) is 27.2. The van der Waals surface area contributed by atoms with Crippen molar-refractivity contribution in [3.05, 3.63) is 0 Å². The number of aliphatic hydroxyl groups is 4. The summed E-state index contributed by atoms with van der Waals surface area (Å²) in [6, 6.07) is 0. The van der Waals surface area contributed by atoms with Gasteiger partial charge in [-0.05, 0) is 0 Å². The average Bonchev–Trinajstić information content (AvgIpc) is 2.93. The first-order valence-corrected chi connectivity index (χ1v) is 27.4. The first-order chi connectivity index (χ1) is 25.8. The van der Waals surface area contributed by atoms with Gasteiger partial charge in [0.25, 0.3) is 0 Å². The van der Waals surface area contributed by atoms with Crippen LogP contribution in [0.2, 0.25) is 0 Å². The topological polar surface area (TPSA) is 630 Å². The second-order valence-electron chi connectivity index (χ2n) is 11.0. The third-order valence-electron chi connectivity index (χ3n) is 6.46. The zero-order valence-corrected chi connectivity index (χ0v) is 35.3. The standard InChI is InChI=1S/C12H31O38P9/c13-1-2(14)4(16)6(5(3(1)15)41-51(17,18)19)47-59(40,50-57(35,36)37)48-12-10(45-55(29,30)31)8(43-53(23,24)25)7(42-52(20,21)22)9(44-54(26,27)28)11(12)46-58(38,39)49-56(32,33)34/h1-16H,(H,38,39)(H2,17,18,19)(H2,20,21,22)(H2,23,24,25)(H2,26,27,28)(H2,29,30,31)(H2,32,33,34)(H2,35,36,37). The van der Waals surface area contributed by atoms with Crippen molar-refractivity contribution >= 4 is 70.4 Å². The summed E-state index contributed by atoms with van der Waals surface area (Å²) >= 11 is 0. The van der Waals surface area contributed by atoms with E-state index in [-0.39, 0.29) is 0 Å². The van der Waals surface area contributed by atoms with Crippen molar-refractivity contribution in [2.45, 2.75) is 73.2 Å². The molecule has 38 nitrogen and oxygen atoms in total. The van der Waals surface area contributed by atoms with Crippen LogP contribution in [-0.2, 0) is 85.9 Å². The Labute approximate surface area is 323 Å². The Hall–Kier alpha value is 0.910. The maximum Gasteiger partial charge on any atom is 0.484 e. The molecule has 0 heterocycles. The highest BCUT2D eigenvalue weighted by atomic mass is 31.3. The molecule has 0 radical (unpaired) electrons. The van der Waals surface area contributed by atoms with Gasteiger partial charge in [0.05, 0.1) is 0 Å². The first-order valence-electron chi connectivity index (χ1n) is 13.8. The Morgan fingerprint density at radius 2 is 0.475 bits per heavy atom. The van der Waals surface area contributed by atoms with Gasteiger partial charge in [0.1, 0.15) is 73.2 Å². The number of aliphatic hydroxyl groups excluding tert-OH is 4. The first kappa shape index (κ1) is 56.0. The van der Waals surface area contributed by atoms with Gasteiger partial charge in [-0.3, -0.25) is 36.2 Å². The van der Waals surface area contributed by atoms with Crippen LogP contribution in [-0.4, -0.2) is 167 Å². The van der Waals surface area contributed by atoms with E-state index in [4.69, 9.17) is 9.79 Å². The fourth-order valence-electron chi connectivity index (χ4n) is 4.86. The van der Waals surface area contributed by atoms with Crippen molar-refractivity contribution in [3.8, 4) is 0 Å². The maximum absolute atomic E-state index is 14.2. The van der Waals surface area contributed by atoms with Gasteiger partial charge in [0.2, 0.25) is 0 Å². The molecule has 2 rings (SSSR count). The van der Waals surface area contributed by atoms with Crippen LogP contribution in [0.4, 0.5) is 0 Å².